The molecule has 15 heavy (non-hydrogen) atoms. The van der Waals surface area contributed by atoms with Gasteiger partial charge in [0, 0.05) is 0 Å². The van der Waals surface area contributed by atoms with Gasteiger partial charge in [-0.3, -0.25) is 0 Å². The Labute approximate surface area is 115 Å². The molecule has 1 N–H and O–H groups in total. The molecule has 0 radical (unpaired) electrons. The second-order valence-corrected chi connectivity index (χ2v) is 6.30. The van der Waals surface area contributed by atoms with Gasteiger partial charge < -0.3 is 0 Å². The van der Waals surface area contributed by atoms with Crippen molar-refractivity contribution in [2.75, 3.05) is 6.54 Å². The van der Waals surface area contributed by atoms with Crippen molar-refractivity contribution in [1.82, 2.24) is 5.32 Å². The molecule has 0 bridgehead atoms. The van der Waals surface area contributed by atoms with Gasteiger partial charge in [-0.05, 0) is 0 Å². The van der Waals surface area contributed by atoms with Crippen LogP contribution in [0.4, 0.5) is 0 Å². The third-order valence-electron chi connectivity index (χ3n) is 2.15. The zero-order valence-electron chi connectivity index (χ0n) is 9.45. The molecule has 0 heterocycles. The fourth-order valence-electron chi connectivity index (χ4n) is 1.38. The van der Waals surface area contributed by atoms with Gasteiger partial charge in [-0.25, -0.2) is 0 Å². The molecule has 4 heteroatoms. The van der Waals surface area contributed by atoms with E-state index in [0.29, 0.717) is 0 Å². The van der Waals surface area contributed by atoms with Gasteiger partial charge in [0.05, 0.1) is 0 Å². The summed E-state index contributed by atoms with van der Waals surface area (Å²) in [5, 5.41) is 3.60. The Hall–Kier alpha value is 0.734. The van der Waals surface area contributed by atoms with E-state index in [1.54, 1.807) is 3.88 Å². The van der Waals surface area contributed by atoms with Crippen LogP contribution in [-0.2, 0) is 19.2 Å². The first kappa shape index (κ1) is 18.1. The van der Waals surface area contributed by atoms with Gasteiger partial charge in [0.2, 0.25) is 0 Å². The van der Waals surface area contributed by atoms with Gasteiger partial charge in [-0.2, -0.15) is 0 Å². The van der Waals surface area contributed by atoms with E-state index in [1.165, 1.54) is 25.8 Å². The van der Waals surface area contributed by atoms with Crippen molar-refractivity contribution in [1.29, 1.82) is 0 Å². The number of allylic oxidation sites excluding steroid dienone is 4. The second-order valence-electron chi connectivity index (χ2n) is 3.50. The van der Waals surface area contributed by atoms with Crippen LogP contribution in [0.15, 0.2) is 22.1 Å². The number of rotatable bonds is 6. The fraction of sp³-hybridized carbons (Fsp3) is 0.636. The monoisotopic (exact) mass is 285 g/mol. The molecule has 0 fully saturated rings. The van der Waals surface area contributed by atoms with Crippen LogP contribution in [0, 0.1) is 0 Å². The predicted molar refractivity (Wildman–Crippen MR) is 68.7 cm³/mol. The second kappa shape index (κ2) is 11.2. The van der Waals surface area contributed by atoms with Crippen molar-refractivity contribution < 1.29 is 19.2 Å². The van der Waals surface area contributed by atoms with Crippen molar-refractivity contribution in [3.05, 3.63) is 22.1 Å². The van der Waals surface area contributed by atoms with Gasteiger partial charge in [-0.15, -0.1) is 24.8 Å². The van der Waals surface area contributed by atoms with Crippen molar-refractivity contribution in [3.63, 3.8) is 0 Å². The third-order valence-corrected chi connectivity index (χ3v) is 4.31. The van der Waals surface area contributed by atoms with Crippen LogP contribution >= 0.6 is 24.8 Å². The van der Waals surface area contributed by atoms with E-state index in [2.05, 4.69) is 37.4 Å². The summed E-state index contributed by atoms with van der Waals surface area (Å²) >= 11 is 0.0950. The molecule has 0 aromatic rings. The van der Waals surface area contributed by atoms with Crippen molar-refractivity contribution in [2.24, 2.45) is 0 Å². The molecular formula is C11H21Cl2NTi. The maximum atomic E-state index is 3.60. The fourth-order valence-corrected chi connectivity index (χ4v) is 3.30. The molecule has 0 spiro atoms. The molecule has 0 saturated heterocycles. The summed E-state index contributed by atoms with van der Waals surface area (Å²) in [7, 11) is 0. The summed E-state index contributed by atoms with van der Waals surface area (Å²) in [4.78, 5) is 0. The standard InChI is InChI=1S/C6H14N.C5H5.2ClH.Ti/c1-3-5-6-7-4-2;1-2-4-5-3-1;;;/h4,7H,3,5-6H2,1-2H3;1-3H,4H2;2*1H;. The number of unbranched alkanes of at least 4 members (excludes halogenated alkanes) is 1. The summed E-state index contributed by atoms with van der Waals surface area (Å²) < 4.78 is 2.45. The van der Waals surface area contributed by atoms with Crippen LogP contribution in [0.2, 0.25) is 0 Å². The van der Waals surface area contributed by atoms with E-state index in [1.807, 2.05) is 0 Å². The first-order valence-electron chi connectivity index (χ1n) is 5.18. The number of halogens is 2. The van der Waals surface area contributed by atoms with Crippen LogP contribution < -0.4 is 5.32 Å². The summed E-state index contributed by atoms with van der Waals surface area (Å²) in [6, 6.07) is 0. The topological polar surface area (TPSA) is 12.0 Å². The number of nitrogens with one attached hydrogen (secondary N) is 1. The average molecular weight is 286 g/mol. The summed E-state index contributed by atoms with van der Waals surface area (Å²) in [6.45, 7) is 5.77. The van der Waals surface area contributed by atoms with Crippen LogP contribution in [0.1, 0.15) is 33.1 Å². The quantitative estimate of drug-likeness (QED) is 0.582. The Kier molecular flexibility index (Phi) is 13.6. The molecule has 1 unspecified atom stereocenters. The molecule has 1 nitrogen and oxygen atoms in total. The summed E-state index contributed by atoms with van der Waals surface area (Å²) in [5.74, 6) is 0. The molecule has 1 atom stereocenters. The van der Waals surface area contributed by atoms with Crippen LogP contribution in [0.5, 0.6) is 0 Å². The molecule has 0 aliphatic heterocycles. The normalized spacial score (nSPS) is 14.9. The maximum Gasteiger partial charge on any atom is -0.147 e. The van der Waals surface area contributed by atoms with E-state index in [0.717, 1.165) is 4.35 Å². The molecule has 0 amide bonds. The zero-order chi connectivity index (χ0) is 9.52. The van der Waals surface area contributed by atoms with Crippen LogP contribution in [0.25, 0.3) is 0 Å². The number of hydrogen-bond donors (Lipinski definition) is 1. The maximum absolute atomic E-state index is 3.60. The van der Waals surface area contributed by atoms with Crippen molar-refractivity contribution in [2.45, 2.75) is 37.5 Å². The molecule has 0 saturated carbocycles. The van der Waals surface area contributed by atoms with Crippen molar-refractivity contribution >= 4 is 24.8 Å². The van der Waals surface area contributed by atoms with Crippen molar-refractivity contribution in [3.8, 4) is 0 Å². The predicted octanol–water partition coefficient (Wildman–Crippen LogP) is 3.49. The molecule has 1 rings (SSSR count). The van der Waals surface area contributed by atoms with E-state index < -0.39 is 0 Å². The SMILES string of the molecule is CCCCN[CH](C)[Ti][C]1=CC=CC1.Cl.Cl. The van der Waals surface area contributed by atoms with Gasteiger partial charge in [0.15, 0.2) is 0 Å². The Morgan fingerprint density at radius 2 is 2.20 bits per heavy atom. The van der Waals surface area contributed by atoms with E-state index >= 15 is 0 Å². The van der Waals surface area contributed by atoms with Crippen LogP contribution in [-0.4, -0.2) is 10.9 Å². The Morgan fingerprint density at radius 3 is 2.73 bits per heavy atom. The Balaban J connectivity index is 0. The van der Waals surface area contributed by atoms with E-state index in [-0.39, 0.29) is 44.0 Å². The molecule has 1 aliphatic rings. The van der Waals surface area contributed by atoms with Crippen LogP contribution in [0.3, 0.4) is 0 Å². The minimum Gasteiger partial charge on any atom is -0.147 e. The molecule has 0 aromatic carbocycles. The van der Waals surface area contributed by atoms with Gasteiger partial charge in [-0.1, -0.05) is 0 Å². The first-order chi connectivity index (χ1) is 6.33. The van der Waals surface area contributed by atoms with E-state index in [4.69, 9.17) is 0 Å². The Bertz CT molecular complexity index is 205. The Morgan fingerprint density at radius 1 is 1.47 bits per heavy atom. The zero-order valence-corrected chi connectivity index (χ0v) is 12.6. The summed E-state index contributed by atoms with van der Waals surface area (Å²) in [5.41, 5.74) is 0. The summed E-state index contributed by atoms with van der Waals surface area (Å²) in [6.07, 6.45) is 10.6. The molecule has 88 valence electrons. The largest absolute Gasteiger partial charge is 0.147 e. The molecular weight excluding hydrogens is 265 g/mol. The van der Waals surface area contributed by atoms with E-state index in [9.17, 15) is 0 Å². The molecule has 0 aromatic heterocycles. The molecule has 1 aliphatic carbocycles. The minimum atomic E-state index is 0. The van der Waals surface area contributed by atoms with Gasteiger partial charge >= 0.3 is 90.6 Å². The van der Waals surface area contributed by atoms with Gasteiger partial charge in [0.25, 0.3) is 0 Å². The first-order valence-corrected chi connectivity index (χ1v) is 6.86. The van der Waals surface area contributed by atoms with Gasteiger partial charge in [0.1, 0.15) is 0 Å². The number of hydrogen-bond acceptors (Lipinski definition) is 1. The smallest absolute Gasteiger partial charge is 0.147 e. The minimum absolute atomic E-state index is 0. The third kappa shape index (κ3) is 8.53. The average Bonchev–Trinajstić information content (AvgIpc) is 2.57.